The van der Waals surface area contributed by atoms with E-state index in [-0.39, 0.29) is 0 Å². The van der Waals surface area contributed by atoms with Crippen molar-refractivity contribution in [1.82, 2.24) is 23.7 Å². The fourth-order valence-corrected chi connectivity index (χ4v) is 12.0. The maximum absolute atomic E-state index is 5.09. The fraction of sp³-hybridized carbons (Fsp3) is 0.0411. The first-order valence-electron chi connectivity index (χ1n) is 26.8. The second kappa shape index (κ2) is 18.0. The molecule has 0 aliphatic rings. The first-order chi connectivity index (χ1) is 38.4. The van der Waals surface area contributed by atoms with Gasteiger partial charge in [-0.3, -0.25) is 0 Å². The number of benzene rings is 11. The van der Waals surface area contributed by atoms with Crippen LogP contribution in [0.4, 0.5) is 0 Å². The van der Waals surface area contributed by atoms with Gasteiger partial charge in [-0.2, -0.15) is 0 Å². The van der Waals surface area contributed by atoms with Gasteiger partial charge in [0.25, 0.3) is 0 Å². The average molecular weight is 998 g/mol. The van der Waals surface area contributed by atoms with E-state index < -0.39 is 0 Å². The lowest BCUT2D eigenvalue weighted by Gasteiger charge is -2.12. The number of rotatable bonds is 8. The number of para-hydroxylation sites is 2. The SMILES string of the molecule is Cc1cccc(-c2nc(-c3ccccc3)cc(-c3ccc(-c4ccc(-c5ccc(-n6c7ccc(-n8c9ccccc9c9cc(C)ccc98)cc7c7cc(-n8c9ccccc9c9cc(C)ccc98)ccc76)cc5)cc4)cc3)n2)c1. The minimum absolute atomic E-state index is 0.720. The molecule has 0 atom stereocenters. The van der Waals surface area contributed by atoms with Crippen LogP contribution in [0.2, 0.25) is 0 Å². The minimum atomic E-state index is 0.720. The largest absolute Gasteiger partial charge is 0.309 e. The second-order valence-electron chi connectivity index (χ2n) is 20.9. The van der Waals surface area contributed by atoms with E-state index in [1.807, 2.05) is 6.07 Å². The molecule has 368 valence electrons. The topological polar surface area (TPSA) is 40.6 Å². The Balaban J connectivity index is 0.793. The lowest BCUT2D eigenvalue weighted by atomic mass is 9.98. The predicted molar refractivity (Wildman–Crippen MR) is 326 cm³/mol. The normalized spacial score (nSPS) is 11.8. The minimum Gasteiger partial charge on any atom is -0.309 e. The van der Waals surface area contributed by atoms with Crippen molar-refractivity contribution in [3.63, 3.8) is 0 Å². The van der Waals surface area contributed by atoms with Crippen molar-refractivity contribution in [3.05, 3.63) is 271 Å². The van der Waals surface area contributed by atoms with E-state index in [0.717, 1.165) is 78.7 Å². The van der Waals surface area contributed by atoms with E-state index >= 15 is 0 Å². The number of aryl methyl sites for hydroxylation is 3. The first-order valence-corrected chi connectivity index (χ1v) is 26.8. The van der Waals surface area contributed by atoms with Gasteiger partial charge in [0.05, 0.1) is 44.5 Å². The average Bonchev–Trinajstić information content (AvgIpc) is 4.15. The highest BCUT2D eigenvalue weighted by Gasteiger charge is 2.20. The molecule has 0 unspecified atom stereocenters. The molecule has 78 heavy (non-hydrogen) atoms. The monoisotopic (exact) mass is 997 g/mol. The van der Waals surface area contributed by atoms with Crippen molar-refractivity contribution in [3.8, 4) is 73.2 Å². The summed E-state index contributed by atoms with van der Waals surface area (Å²) in [4.78, 5) is 10.1. The summed E-state index contributed by atoms with van der Waals surface area (Å²) in [5, 5.41) is 7.46. The molecule has 15 rings (SSSR count). The number of hydrogen-bond acceptors (Lipinski definition) is 2. The van der Waals surface area contributed by atoms with Crippen molar-refractivity contribution in [2.24, 2.45) is 0 Å². The number of aromatic nitrogens is 5. The van der Waals surface area contributed by atoms with Crippen LogP contribution in [0, 0.1) is 20.8 Å². The smallest absolute Gasteiger partial charge is 0.160 e. The summed E-state index contributed by atoms with van der Waals surface area (Å²) in [6.45, 7) is 6.46. The van der Waals surface area contributed by atoms with Crippen molar-refractivity contribution < 1.29 is 0 Å². The molecule has 0 saturated heterocycles. The zero-order valence-corrected chi connectivity index (χ0v) is 43.5. The summed E-state index contributed by atoms with van der Waals surface area (Å²) < 4.78 is 7.31. The molecule has 0 aliphatic carbocycles. The maximum atomic E-state index is 5.09. The highest BCUT2D eigenvalue weighted by Crippen LogP contribution is 2.41. The number of fused-ring (bicyclic) bond motifs is 9. The van der Waals surface area contributed by atoms with Gasteiger partial charge in [-0.1, -0.05) is 174 Å². The Bertz CT molecular complexity index is 4670. The van der Waals surface area contributed by atoms with E-state index in [1.54, 1.807) is 0 Å². The zero-order valence-electron chi connectivity index (χ0n) is 43.5. The predicted octanol–water partition coefficient (Wildman–Crippen LogP) is 19.0. The van der Waals surface area contributed by atoms with Gasteiger partial charge in [-0.25, -0.2) is 9.97 Å². The Labute approximate surface area is 452 Å². The van der Waals surface area contributed by atoms with E-state index in [0.29, 0.717) is 0 Å². The van der Waals surface area contributed by atoms with Gasteiger partial charge in [0.2, 0.25) is 0 Å². The van der Waals surface area contributed by atoms with Crippen molar-refractivity contribution in [2.75, 3.05) is 0 Å². The number of hydrogen-bond donors (Lipinski definition) is 0. The van der Waals surface area contributed by atoms with Crippen LogP contribution >= 0.6 is 0 Å². The molecule has 4 aromatic heterocycles. The van der Waals surface area contributed by atoms with Crippen LogP contribution in [-0.4, -0.2) is 23.7 Å². The summed E-state index contributed by atoms with van der Waals surface area (Å²) in [6, 6.07) is 92.8. The van der Waals surface area contributed by atoms with E-state index in [2.05, 4.69) is 283 Å². The maximum Gasteiger partial charge on any atom is 0.160 e. The van der Waals surface area contributed by atoms with Crippen LogP contribution in [0.5, 0.6) is 0 Å². The Kier molecular flexibility index (Phi) is 10.5. The van der Waals surface area contributed by atoms with Crippen LogP contribution in [0.15, 0.2) is 255 Å². The Hall–Kier alpha value is -10.1. The van der Waals surface area contributed by atoms with Crippen LogP contribution in [0.3, 0.4) is 0 Å². The van der Waals surface area contributed by atoms with Gasteiger partial charge in [-0.05, 0) is 140 Å². The third kappa shape index (κ3) is 7.54. The van der Waals surface area contributed by atoms with Gasteiger partial charge in [-0.15, -0.1) is 0 Å². The van der Waals surface area contributed by atoms with Crippen LogP contribution in [0.25, 0.3) is 139 Å². The fourth-order valence-electron chi connectivity index (χ4n) is 12.0. The number of nitrogens with zero attached hydrogens (tertiary/aromatic N) is 5. The molecule has 11 aromatic carbocycles. The van der Waals surface area contributed by atoms with Gasteiger partial charge in [0, 0.05) is 66.1 Å². The summed E-state index contributed by atoms with van der Waals surface area (Å²) in [5.41, 5.74) is 23.8. The lowest BCUT2D eigenvalue weighted by Crippen LogP contribution is -1.96. The van der Waals surface area contributed by atoms with Crippen LogP contribution < -0.4 is 0 Å². The highest BCUT2D eigenvalue weighted by molar-refractivity contribution is 6.14. The molecular formula is C73H51N5. The molecule has 15 aromatic rings. The Morgan fingerprint density at radius 1 is 0.231 bits per heavy atom. The Morgan fingerprint density at radius 3 is 1.09 bits per heavy atom. The molecule has 0 aliphatic heterocycles. The summed E-state index contributed by atoms with van der Waals surface area (Å²) in [5.74, 6) is 0.720. The molecule has 0 radical (unpaired) electrons. The Morgan fingerprint density at radius 2 is 0.590 bits per heavy atom. The second-order valence-corrected chi connectivity index (χ2v) is 20.9. The summed E-state index contributed by atoms with van der Waals surface area (Å²) in [7, 11) is 0. The van der Waals surface area contributed by atoms with E-state index in [1.165, 1.54) is 76.6 Å². The van der Waals surface area contributed by atoms with Gasteiger partial charge in [0.15, 0.2) is 5.82 Å². The standard InChI is InChI=1S/C73H51N5/c1-46-12-11-15-55(40-46)73-74-65(53-13-5-4-6-14-53)45-66(75-73)54-28-26-51(27-29-54)49-22-24-50(25-23-49)52-30-32-56(33-31-52)76-71-38-34-57(77-67-18-9-7-16-59(67)61-41-47(2)20-36-69(61)77)43-63(71)64-44-58(35-39-72(64)76)78-68-19-10-8-17-60(68)62-42-48(3)21-37-70(62)78/h4-45H,1-3H3. The van der Waals surface area contributed by atoms with Crippen LogP contribution in [-0.2, 0) is 0 Å². The van der Waals surface area contributed by atoms with E-state index in [4.69, 9.17) is 9.97 Å². The summed E-state index contributed by atoms with van der Waals surface area (Å²) in [6.07, 6.45) is 0. The molecule has 0 fully saturated rings. The molecule has 0 N–H and O–H groups in total. The molecule has 0 spiro atoms. The third-order valence-electron chi connectivity index (χ3n) is 15.8. The van der Waals surface area contributed by atoms with Crippen molar-refractivity contribution >= 4 is 65.4 Å². The summed E-state index contributed by atoms with van der Waals surface area (Å²) >= 11 is 0. The molecule has 0 saturated carbocycles. The molecule has 5 nitrogen and oxygen atoms in total. The van der Waals surface area contributed by atoms with Crippen molar-refractivity contribution in [1.29, 1.82) is 0 Å². The molecular weight excluding hydrogens is 947 g/mol. The molecule has 5 heteroatoms. The third-order valence-corrected chi connectivity index (χ3v) is 15.8. The first kappa shape index (κ1) is 45.3. The van der Waals surface area contributed by atoms with Crippen molar-refractivity contribution in [2.45, 2.75) is 20.8 Å². The van der Waals surface area contributed by atoms with Gasteiger partial charge in [0.1, 0.15) is 0 Å². The van der Waals surface area contributed by atoms with Gasteiger partial charge >= 0.3 is 0 Å². The highest BCUT2D eigenvalue weighted by atomic mass is 15.0. The van der Waals surface area contributed by atoms with Crippen LogP contribution in [0.1, 0.15) is 16.7 Å². The molecule has 0 bridgehead atoms. The van der Waals surface area contributed by atoms with Gasteiger partial charge < -0.3 is 13.7 Å². The molecule has 4 heterocycles. The lowest BCUT2D eigenvalue weighted by molar-refractivity contribution is 1.16. The quantitative estimate of drug-likeness (QED) is 0.152. The zero-order chi connectivity index (χ0) is 52.0. The molecule has 0 amide bonds. The van der Waals surface area contributed by atoms with E-state index in [9.17, 15) is 0 Å².